The first-order valence-corrected chi connectivity index (χ1v) is 11.1. The molecule has 0 radical (unpaired) electrons. The molecule has 1 saturated carbocycles. The highest BCUT2D eigenvalue weighted by molar-refractivity contribution is 6.35. The Balaban J connectivity index is 1.59. The summed E-state index contributed by atoms with van der Waals surface area (Å²) in [6.45, 7) is 5.82. The number of nitrogens with zero attached hydrogens (tertiary/aromatic N) is 8. The number of halogens is 1. The van der Waals surface area contributed by atoms with Gasteiger partial charge in [-0.25, -0.2) is 15.0 Å². The van der Waals surface area contributed by atoms with Crippen molar-refractivity contribution in [1.29, 1.82) is 0 Å². The molecular weight excluding hydrogens is 444 g/mol. The van der Waals surface area contributed by atoms with E-state index in [9.17, 15) is 4.79 Å². The maximum Gasteiger partial charge on any atom is 0.263 e. The van der Waals surface area contributed by atoms with E-state index in [0.717, 1.165) is 12.8 Å². The number of anilines is 2. The van der Waals surface area contributed by atoms with Gasteiger partial charge in [-0.05, 0) is 51.0 Å². The monoisotopic (exact) mass is 466 g/mol. The molecule has 170 valence electrons. The second-order valence-corrected chi connectivity index (χ2v) is 8.79. The summed E-state index contributed by atoms with van der Waals surface area (Å²) >= 11 is 6.33. The second-order valence-electron chi connectivity index (χ2n) is 8.39. The molecule has 1 atom stereocenters. The van der Waals surface area contributed by atoms with E-state index in [1.165, 1.54) is 11.1 Å². The maximum absolute atomic E-state index is 13.4. The number of hydrogen-bond acceptors (Lipinski definition) is 9. The summed E-state index contributed by atoms with van der Waals surface area (Å²) in [6.07, 6.45) is 3.21. The van der Waals surface area contributed by atoms with Crippen molar-refractivity contribution in [2.45, 2.75) is 51.7 Å². The third-order valence-corrected chi connectivity index (χ3v) is 5.86. The van der Waals surface area contributed by atoms with E-state index in [1.807, 2.05) is 20.8 Å². The topological polar surface area (TPSA) is 142 Å². The van der Waals surface area contributed by atoms with Gasteiger partial charge in [-0.15, -0.1) is 10.2 Å². The molecule has 0 saturated heterocycles. The van der Waals surface area contributed by atoms with E-state index in [-0.39, 0.29) is 29.5 Å². The van der Waals surface area contributed by atoms with Crippen LogP contribution >= 0.6 is 11.6 Å². The number of benzene rings is 1. The largest absolute Gasteiger partial charge is 0.383 e. The summed E-state index contributed by atoms with van der Waals surface area (Å²) in [6, 6.07) is 5.04. The predicted octanol–water partition coefficient (Wildman–Crippen LogP) is 3.16. The van der Waals surface area contributed by atoms with Crippen molar-refractivity contribution >= 4 is 34.1 Å². The molecule has 1 aliphatic carbocycles. The molecule has 0 aliphatic heterocycles. The Kier molecular flexibility index (Phi) is 5.20. The highest BCUT2D eigenvalue weighted by atomic mass is 35.5. The molecule has 0 unspecified atom stereocenters. The Morgan fingerprint density at radius 1 is 1.21 bits per heavy atom. The number of fused-ring (bicyclic) bond motifs is 1. The molecule has 1 fully saturated rings. The quantitative estimate of drug-likeness (QED) is 0.437. The van der Waals surface area contributed by atoms with Crippen LogP contribution in [0.25, 0.3) is 22.3 Å². The predicted molar refractivity (Wildman–Crippen MR) is 125 cm³/mol. The molecule has 3 N–H and O–H groups in total. The summed E-state index contributed by atoms with van der Waals surface area (Å²) in [4.78, 5) is 28.1. The Bertz CT molecular complexity index is 1410. The summed E-state index contributed by atoms with van der Waals surface area (Å²) in [5.41, 5.74) is 7.02. The van der Waals surface area contributed by atoms with E-state index in [0.29, 0.717) is 39.0 Å². The molecule has 4 aromatic rings. The van der Waals surface area contributed by atoms with E-state index in [4.69, 9.17) is 22.3 Å². The molecule has 0 spiro atoms. The van der Waals surface area contributed by atoms with Gasteiger partial charge in [0, 0.05) is 6.04 Å². The second kappa shape index (κ2) is 8.07. The van der Waals surface area contributed by atoms with Gasteiger partial charge in [0.05, 0.1) is 28.0 Å². The molecule has 11 nitrogen and oxygen atoms in total. The molecule has 3 heterocycles. The molecule has 3 aromatic heterocycles. The van der Waals surface area contributed by atoms with E-state index < -0.39 is 0 Å². The van der Waals surface area contributed by atoms with Gasteiger partial charge in [-0.3, -0.25) is 9.36 Å². The fourth-order valence-electron chi connectivity index (χ4n) is 3.75. The van der Waals surface area contributed by atoms with Crippen LogP contribution in [-0.2, 0) is 0 Å². The van der Waals surface area contributed by atoms with Crippen molar-refractivity contribution in [1.82, 2.24) is 39.7 Å². The van der Waals surface area contributed by atoms with Gasteiger partial charge in [0.1, 0.15) is 29.4 Å². The van der Waals surface area contributed by atoms with Crippen molar-refractivity contribution in [3.05, 3.63) is 45.7 Å². The van der Waals surface area contributed by atoms with E-state index >= 15 is 0 Å². The third-order valence-electron chi connectivity index (χ3n) is 5.55. The molecule has 0 amide bonds. The van der Waals surface area contributed by atoms with Crippen molar-refractivity contribution in [3.8, 4) is 11.4 Å². The Hall–Kier alpha value is -3.60. The Labute approximate surface area is 194 Å². The van der Waals surface area contributed by atoms with Gasteiger partial charge in [0.2, 0.25) is 5.82 Å². The van der Waals surface area contributed by atoms with Gasteiger partial charge in [-0.2, -0.15) is 4.80 Å². The Morgan fingerprint density at radius 3 is 2.70 bits per heavy atom. The summed E-state index contributed by atoms with van der Waals surface area (Å²) in [5.74, 6) is 1.57. The zero-order valence-corrected chi connectivity index (χ0v) is 19.2. The highest BCUT2D eigenvalue weighted by Gasteiger charge is 2.31. The average Bonchev–Trinajstić information content (AvgIpc) is 3.48. The van der Waals surface area contributed by atoms with Gasteiger partial charge >= 0.3 is 0 Å². The number of aromatic nitrogens is 8. The number of tetrazole rings is 1. The lowest BCUT2D eigenvalue weighted by atomic mass is 10.2. The molecule has 33 heavy (non-hydrogen) atoms. The van der Waals surface area contributed by atoms with Crippen molar-refractivity contribution in [2.75, 3.05) is 11.1 Å². The summed E-state index contributed by atoms with van der Waals surface area (Å²) in [5, 5.41) is 16.8. The average molecular weight is 467 g/mol. The zero-order valence-electron chi connectivity index (χ0n) is 18.4. The van der Waals surface area contributed by atoms with Crippen LogP contribution in [0.5, 0.6) is 0 Å². The minimum atomic E-state index is -0.380. The van der Waals surface area contributed by atoms with Gasteiger partial charge < -0.3 is 11.1 Å². The van der Waals surface area contributed by atoms with Crippen LogP contribution < -0.4 is 16.6 Å². The van der Waals surface area contributed by atoms with E-state index in [1.54, 1.807) is 22.8 Å². The van der Waals surface area contributed by atoms with E-state index in [2.05, 4.69) is 30.7 Å². The number of rotatable bonds is 6. The van der Waals surface area contributed by atoms with Crippen LogP contribution in [0, 0.1) is 0 Å². The number of nitrogen functional groups attached to an aromatic ring is 1. The molecule has 1 aliphatic rings. The molecule has 5 rings (SSSR count). The number of nitrogens with one attached hydrogen (secondary N) is 1. The first-order valence-electron chi connectivity index (χ1n) is 10.7. The van der Waals surface area contributed by atoms with Crippen molar-refractivity contribution < 1.29 is 0 Å². The lowest BCUT2D eigenvalue weighted by molar-refractivity contribution is 0.455. The lowest BCUT2D eigenvalue weighted by Gasteiger charge is -2.21. The molecule has 1 aromatic carbocycles. The van der Waals surface area contributed by atoms with Crippen LogP contribution in [0.2, 0.25) is 5.02 Å². The number of nitrogens with two attached hydrogens (primary N) is 1. The van der Waals surface area contributed by atoms with Crippen LogP contribution in [0.4, 0.5) is 11.6 Å². The van der Waals surface area contributed by atoms with Crippen LogP contribution in [0.3, 0.4) is 0 Å². The first kappa shape index (κ1) is 21.3. The normalized spacial score (nSPS) is 14.7. The smallest absolute Gasteiger partial charge is 0.263 e. The van der Waals surface area contributed by atoms with Gasteiger partial charge in [0.15, 0.2) is 0 Å². The SMILES string of the molecule is CC(C)n1nnc(-c2c(N)ncnc2N[C@@H](C)c2nc3cccc(Cl)c3c(=O)n2C2CC2)n1. The zero-order chi connectivity index (χ0) is 23.3. The standard InChI is InChI=1S/C21H23ClN10O/c1-10(2)32-29-19(28-30-32)16-17(23)24-9-25-18(16)26-11(3)20-27-14-6-4-5-13(22)15(14)21(33)31(20)12-7-8-12/h4-6,9-12H,7-8H2,1-3H3,(H3,23,24,25,26)/t11-/m0/s1. The van der Waals surface area contributed by atoms with Gasteiger partial charge in [-0.1, -0.05) is 17.7 Å². The summed E-state index contributed by atoms with van der Waals surface area (Å²) < 4.78 is 1.74. The van der Waals surface area contributed by atoms with Crippen LogP contribution in [0.1, 0.15) is 57.6 Å². The lowest BCUT2D eigenvalue weighted by Crippen LogP contribution is -2.28. The van der Waals surface area contributed by atoms with Crippen LogP contribution in [0.15, 0.2) is 29.3 Å². The minimum Gasteiger partial charge on any atom is -0.383 e. The fraction of sp³-hybridized carbons (Fsp3) is 0.381. The van der Waals surface area contributed by atoms with Crippen molar-refractivity contribution in [3.63, 3.8) is 0 Å². The van der Waals surface area contributed by atoms with Crippen LogP contribution in [-0.4, -0.2) is 39.7 Å². The summed E-state index contributed by atoms with van der Waals surface area (Å²) in [7, 11) is 0. The minimum absolute atomic E-state index is 0.0361. The van der Waals surface area contributed by atoms with Crippen molar-refractivity contribution in [2.24, 2.45) is 0 Å². The molecule has 0 bridgehead atoms. The fourth-order valence-corrected chi connectivity index (χ4v) is 4.00. The first-order chi connectivity index (χ1) is 15.8. The highest BCUT2D eigenvalue weighted by Crippen LogP contribution is 2.37. The Morgan fingerprint density at radius 2 is 2.00 bits per heavy atom. The van der Waals surface area contributed by atoms with Gasteiger partial charge in [0.25, 0.3) is 5.56 Å². The molecular formula is C21H23ClN10O. The maximum atomic E-state index is 13.4. The third kappa shape index (κ3) is 3.78. The molecule has 12 heteroatoms. The number of hydrogen-bond donors (Lipinski definition) is 2.